The second-order valence-corrected chi connectivity index (χ2v) is 2.61. The predicted molar refractivity (Wildman–Crippen MR) is 46.5 cm³/mol. The Kier molecular flexibility index (Phi) is 5.36. The first-order valence-corrected chi connectivity index (χ1v) is 4.15. The number of methoxy groups -OCH3 is 1. The molecule has 1 atom stereocenters. The Morgan fingerprint density at radius 2 is 1.86 bits per heavy atom. The molecule has 0 saturated carbocycles. The lowest BCUT2D eigenvalue weighted by molar-refractivity contribution is -0.152. The lowest BCUT2D eigenvalue weighted by Crippen LogP contribution is -2.32. The Bertz CT molecular complexity index is 240. The number of ether oxygens (including phenoxy) is 1. The van der Waals surface area contributed by atoms with E-state index in [2.05, 4.69) is 4.74 Å². The second kappa shape index (κ2) is 6.01. The van der Waals surface area contributed by atoms with E-state index in [0.717, 1.165) is 7.11 Å². The molecule has 1 unspecified atom stereocenters. The van der Waals surface area contributed by atoms with Crippen LogP contribution in [0.15, 0.2) is 0 Å². The Hall–Kier alpha value is -1.52. The van der Waals surface area contributed by atoms with Crippen LogP contribution in [0.5, 0.6) is 0 Å². The topological polar surface area (TPSA) is 77.5 Å². The van der Waals surface area contributed by atoms with Crippen LogP contribution >= 0.6 is 0 Å². The van der Waals surface area contributed by atoms with Gasteiger partial charge >= 0.3 is 5.97 Å². The molecule has 0 N–H and O–H groups in total. The van der Waals surface area contributed by atoms with Crippen molar-refractivity contribution in [3.05, 3.63) is 0 Å². The van der Waals surface area contributed by atoms with Crippen LogP contribution in [0.4, 0.5) is 0 Å². The Labute approximate surface area is 81.4 Å². The molecule has 14 heavy (non-hydrogen) atoms. The quantitative estimate of drug-likeness (QED) is 0.340. The molecule has 0 aliphatic heterocycles. The number of ketones is 2. The fourth-order valence-electron chi connectivity index (χ4n) is 0.964. The first kappa shape index (κ1) is 12.5. The minimum Gasteiger partial charge on any atom is -0.468 e. The molecule has 0 spiro atoms. The molecule has 78 valence electrons. The van der Waals surface area contributed by atoms with Crippen molar-refractivity contribution >= 4 is 23.8 Å². The van der Waals surface area contributed by atoms with E-state index in [1.165, 1.54) is 6.92 Å². The number of rotatable bonds is 6. The summed E-state index contributed by atoms with van der Waals surface area (Å²) in [4.78, 5) is 43.5. The summed E-state index contributed by atoms with van der Waals surface area (Å²) >= 11 is 0. The van der Waals surface area contributed by atoms with E-state index in [-0.39, 0.29) is 6.42 Å². The molecular weight excluding hydrogens is 188 g/mol. The van der Waals surface area contributed by atoms with Gasteiger partial charge in [0.05, 0.1) is 13.5 Å². The van der Waals surface area contributed by atoms with Crippen molar-refractivity contribution in [2.45, 2.75) is 19.8 Å². The fraction of sp³-hybridized carbons (Fsp3) is 0.556. The second-order valence-electron chi connectivity index (χ2n) is 2.61. The van der Waals surface area contributed by atoms with Gasteiger partial charge in [0.2, 0.25) is 0 Å². The van der Waals surface area contributed by atoms with Gasteiger partial charge in [-0.3, -0.25) is 14.4 Å². The highest BCUT2D eigenvalue weighted by molar-refractivity contribution is 6.19. The van der Waals surface area contributed by atoms with Crippen LogP contribution in [0, 0.1) is 5.92 Å². The van der Waals surface area contributed by atoms with Gasteiger partial charge in [0.25, 0.3) is 0 Å². The average molecular weight is 200 g/mol. The van der Waals surface area contributed by atoms with E-state index in [1.54, 1.807) is 0 Å². The number of Topliss-reactive ketones (excluding diaryl/α,β-unsaturated/α-hetero) is 2. The molecule has 0 heterocycles. The molecule has 0 aromatic heterocycles. The lowest BCUT2D eigenvalue weighted by Gasteiger charge is -2.09. The lowest BCUT2D eigenvalue weighted by atomic mass is 9.96. The van der Waals surface area contributed by atoms with E-state index in [0.29, 0.717) is 6.29 Å². The number of esters is 1. The molecule has 0 aromatic carbocycles. The number of hydrogen-bond donors (Lipinski definition) is 0. The molecule has 5 nitrogen and oxygen atoms in total. The molecule has 0 amide bonds. The smallest absolute Gasteiger partial charge is 0.323 e. The number of carbonyl (C=O) groups is 4. The zero-order valence-corrected chi connectivity index (χ0v) is 8.11. The molecule has 0 bridgehead atoms. The number of aldehydes is 1. The van der Waals surface area contributed by atoms with Crippen LogP contribution in [0.25, 0.3) is 0 Å². The van der Waals surface area contributed by atoms with Crippen LogP contribution in [0.1, 0.15) is 19.8 Å². The predicted octanol–water partition coefficient (Wildman–Crippen LogP) is -0.0872. The summed E-state index contributed by atoms with van der Waals surface area (Å²) < 4.78 is 4.31. The van der Waals surface area contributed by atoms with Crippen LogP contribution in [-0.4, -0.2) is 30.9 Å². The summed E-state index contributed by atoms with van der Waals surface area (Å²) in [6.07, 6.45) is -0.0168. The van der Waals surface area contributed by atoms with Gasteiger partial charge in [0, 0.05) is 6.42 Å². The Balaban J connectivity index is 4.71. The van der Waals surface area contributed by atoms with E-state index >= 15 is 0 Å². The summed E-state index contributed by atoms with van der Waals surface area (Å²) in [7, 11) is 1.09. The summed E-state index contributed by atoms with van der Waals surface area (Å²) in [5.74, 6) is -3.57. The summed E-state index contributed by atoms with van der Waals surface area (Å²) in [6, 6.07) is 0. The molecular formula is C9H12O5. The van der Waals surface area contributed by atoms with E-state index in [4.69, 9.17) is 0 Å². The fourth-order valence-corrected chi connectivity index (χ4v) is 0.964. The Morgan fingerprint density at radius 3 is 2.21 bits per heavy atom. The van der Waals surface area contributed by atoms with Gasteiger partial charge in [-0.05, 0) is 0 Å². The first-order valence-electron chi connectivity index (χ1n) is 4.15. The van der Waals surface area contributed by atoms with Gasteiger partial charge in [0.1, 0.15) is 6.29 Å². The molecule has 0 fully saturated rings. The van der Waals surface area contributed by atoms with Crippen molar-refractivity contribution in [3.63, 3.8) is 0 Å². The van der Waals surface area contributed by atoms with Gasteiger partial charge < -0.3 is 9.53 Å². The summed E-state index contributed by atoms with van der Waals surface area (Å²) in [6.45, 7) is 1.53. The van der Waals surface area contributed by atoms with Crippen molar-refractivity contribution < 1.29 is 23.9 Å². The maximum atomic E-state index is 11.2. The highest BCUT2D eigenvalue weighted by atomic mass is 16.5. The van der Waals surface area contributed by atoms with Crippen molar-refractivity contribution in [2.24, 2.45) is 5.92 Å². The normalized spacial score (nSPS) is 11.6. The minimum atomic E-state index is -1.44. The highest BCUT2D eigenvalue weighted by Crippen LogP contribution is 2.07. The standard InChI is InChI=1S/C9H12O5/c1-3-6(11)8(9(13)14-2)7(12)4-5-10/h5,8H,3-4H2,1-2H3. The zero-order chi connectivity index (χ0) is 11.1. The van der Waals surface area contributed by atoms with Crippen LogP contribution in [0.2, 0.25) is 0 Å². The minimum absolute atomic E-state index is 0.0599. The molecule has 0 aliphatic rings. The van der Waals surface area contributed by atoms with Crippen molar-refractivity contribution in [3.8, 4) is 0 Å². The largest absolute Gasteiger partial charge is 0.468 e. The highest BCUT2D eigenvalue weighted by Gasteiger charge is 2.32. The Morgan fingerprint density at radius 1 is 1.29 bits per heavy atom. The van der Waals surface area contributed by atoms with Gasteiger partial charge in [-0.15, -0.1) is 0 Å². The van der Waals surface area contributed by atoms with Crippen molar-refractivity contribution in [2.75, 3.05) is 7.11 Å². The van der Waals surface area contributed by atoms with Crippen LogP contribution < -0.4 is 0 Å². The molecule has 5 heteroatoms. The number of hydrogen-bond acceptors (Lipinski definition) is 5. The maximum absolute atomic E-state index is 11.2. The first-order chi connectivity index (χ1) is 6.58. The molecule has 0 rings (SSSR count). The van der Waals surface area contributed by atoms with Crippen molar-refractivity contribution in [1.29, 1.82) is 0 Å². The third kappa shape index (κ3) is 3.08. The van der Waals surface area contributed by atoms with Gasteiger partial charge in [-0.25, -0.2) is 0 Å². The van der Waals surface area contributed by atoms with E-state index in [1.807, 2.05) is 0 Å². The van der Waals surface area contributed by atoms with Crippen molar-refractivity contribution in [1.82, 2.24) is 0 Å². The average Bonchev–Trinajstić information content (AvgIpc) is 2.17. The summed E-state index contributed by atoms with van der Waals surface area (Å²) in [5, 5.41) is 0. The monoisotopic (exact) mass is 200 g/mol. The SMILES string of the molecule is CCC(=O)C(C(=O)CC=O)C(=O)OC. The molecule has 0 radical (unpaired) electrons. The molecule has 0 saturated heterocycles. The van der Waals surface area contributed by atoms with E-state index in [9.17, 15) is 19.2 Å². The van der Waals surface area contributed by atoms with Crippen LogP contribution in [-0.2, 0) is 23.9 Å². The van der Waals surface area contributed by atoms with Crippen LogP contribution in [0.3, 0.4) is 0 Å². The third-order valence-corrected chi connectivity index (χ3v) is 1.71. The van der Waals surface area contributed by atoms with Gasteiger partial charge in [0.15, 0.2) is 17.5 Å². The maximum Gasteiger partial charge on any atom is 0.323 e. The third-order valence-electron chi connectivity index (χ3n) is 1.71. The molecule has 0 aliphatic carbocycles. The zero-order valence-electron chi connectivity index (χ0n) is 8.11. The summed E-state index contributed by atoms with van der Waals surface area (Å²) in [5.41, 5.74) is 0. The van der Waals surface area contributed by atoms with E-state index < -0.39 is 29.9 Å². The van der Waals surface area contributed by atoms with Gasteiger partial charge in [-0.2, -0.15) is 0 Å². The number of carbonyl (C=O) groups excluding carboxylic acids is 4. The molecule has 0 aromatic rings. The van der Waals surface area contributed by atoms with Gasteiger partial charge in [-0.1, -0.05) is 6.92 Å².